The Labute approximate surface area is 170 Å². The van der Waals surface area contributed by atoms with E-state index in [0.29, 0.717) is 18.0 Å². The van der Waals surface area contributed by atoms with Crippen molar-refractivity contribution in [3.63, 3.8) is 0 Å². The molecule has 1 aliphatic heterocycles. The molecule has 0 spiro atoms. The van der Waals surface area contributed by atoms with Gasteiger partial charge in [-0.3, -0.25) is 25.3 Å². The topological polar surface area (TPSA) is 64.7 Å². The van der Waals surface area contributed by atoms with E-state index in [9.17, 15) is 9.59 Å². The highest BCUT2D eigenvalue weighted by Gasteiger charge is 2.17. The van der Waals surface area contributed by atoms with E-state index in [4.69, 9.17) is 11.6 Å². The van der Waals surface area contributed by atoms with E-state index in [2.05, 4.69) is 32.8 Å². The average molecular weight is 401 g/mol. The summed E-state index contributed by atoms with van der Waals surface area (Å²) in [6.07, 6.45) is 0.547. The molecule has 0 saturated carbocycles. The first kappa shape index (κ1) is 20.2. The Hall–Kier alpha value is -2.57. The molecule has 0 unspecified atom stereocenters. The number of benzene rings is 2. The molecule has 6 nitrogen and oxygen atoms in total. The zero-order valence-corrected chi connectivity index (χ0v) is 16.5. The van der Waals surface area contributed by atoms with Gasteiger partial charge >= 0.3 is 0 Å². The van der Waals surface area contributed by atoms with Crippen LogP contribution >= 0.6 is 11.6 Å². The van der Waals surface area contributed by atoms with Crippen LogP contribution in [0.25, 0.3) is 0 Å². The first-order valence-electron chi connectivity index (χ1n) is 9.44. The van der Waals surface area contributed by atoms with Gasteiger partial charge < -0.3 is 4.90 Å². The van der Waals surface area contributed by atoms with Gasteiger partial charge in [0, 0.05) is 49.9 Å². The van der Waals surface area contributed by atoms with Gasteiger partial charge in [0.1, 0.15) is 0 Å². The second kappa shape index (κ2) is 10.1. The minimum atomic E-state index is -0.257. The summed E-state index contributed by atoms with van der Waals surface area (Å²) in [6.45, 7) is 4.42. The van der Waals surface area contributed by atoms with E-state index in [-0.39, 0.29) is 18.2 Å². The van der Waals surface area contributed by atoms with Crippen molar-refractivity contribution in [2.45, 2.75) is 12.8 Å². The van der Waals surface area contributed by atoms with Crippen LogP contribution < -0.4 is 15.8 Å². The predicted molar refractivity (Wildman–Crippen MR) is 111 cm³/mol. The molecule has 0 radical (unpaired) electrons. The number of carbonyl (C=O) groups is 2. The number of nitrogens with one attached hydrogen (secondary N) is 2. The molecule has 1 fully saturated rings. The molecule has 3 rings (SSSR count). The first-order valence-corrected chi connectivity index (χ1v) is 9.82. The fourth-order valence-corrected chi connectivity index (χ4v) is 3.29. The van der Waals surface area contributed by atoms with E-state index >= 15 is 0 Å². The first-order chi connectivity index (χ1) is 13.6. The van der Waals surface area contributed by atoms with Crippen LogP contribution in [0.2, 0.25) is 5.02 Å². The second-order valence-electron chi connectivity index (χ2n) is 6.81. The molecule has 7 heteroatoms. The van der Waals surface area contributed by atoms with Crippen LogP contribution in [0, 0.1) is 0 Å². The maximum atomic E-state index is 12.0. The monoisotopic (exact) mass is 400 g/mol. The Morgan fingerprint density at radius 2 is 1.50 bits per heavy atom. The number of nitrogens with zero attached hydrogens (tertiary/aromatic N) is 2. The van der Waals surface area contributed by atoms with Crippen LogP contribution in [0.4, 0.5) is 5.69 Å². The molecule has 2 N–H and O–H groups in total. The van der Waals surface area contributed by atoms with Crippen molar-refractivity contribution in [3.05, 3.63) is 65.2 Å². The quantitative estimate of drug-likeness (QED) is 0.730. The summed E-state index contributed by atoms with van der Waals surface area (Å²) in [6, 6.07) is 17.4. The third-order valence-corrected chi connectivity index (χ3v) is 5.02. The van der Waals surface area contributed by atoms with Crippen molar-refractivity contribution in [3.8, 4) is 0 Å². The lowest BCUT2D eigenvalue weighted by Gasteiger charge is -2.36. The number of hydrazine groups is 1. The number of carbonyl (C=O) groups excluding carboxylic acids is 2. The summed E-state index contributed by atoms with van der Waals surface area (Å²) in [5.41, 5.74) is 7.03. The summed E-state index contributed by atoms with van der Waals surface area (Å²) in [4.78, 5) is 28.5. The molecular weight excluding hydrogens is 376 g/mol. The minimum absolute atomic E-state index is 0.185. The van der Waals surface area contributed by atoms with E-state index in [1.54, 1.807) is 24.3 Å². The highest BCUT2D eigenvalue weighted by Crippen LogP contribution is 2.15. The Bertz CT molecular complexity index is 775. The minimum Gasteiger partial charge on any atom is -0.369 e. The molecule has 148 valence electrons. The van der Waals surface area contributed by atoms with E-state index in [1.165, 1.54) is 5.69 Å². The Kier molecular flexibility index (Phi) is 7.28. The van der Waals surface area contributed by atoms with Crippen LogP contribution in [0.1, 0.15) is 12.0 Å². The van der Waals surface area contributed by atoms with E-state index in [1.807, 2.05) is 18.2 Å². The number of hydrogen-bond acceptors (Lipinski definition) is 4. The highest BCUT2D eigenvalue weighted by molar-refractivity contribution is 6.30. The summed E-state index contributed by atoms with van der Waals surface area (Å²) in [5.74, 6) is -0.443. The van der Waals surface area contributed by atoms with Gasteiger partial charge in [0.2, 0.25) is 11.8 Å². The molecule has 0 bridgehead atoms. The summed E-state index contributed by atoms with van der Waals surface area (Å²) in [7, 11) is 0. The zero-order chi connectivity index (χ0) is 19.8. The predicted octanol–water partition coefficient (Wildman–Crippen LogP) is 2.24. The summed E-state index contributed by atoms with van der Waals surface area (Å²) >= 11 is 5.82. The van der Waals surface area contributed by atoms with Gasteiger partial charge in [-0.15, -0.1) is 0 Å². The van der Waals surface area contributed by atoms with Gasteiger partial charge in [-0.2, -0.15) is 0 Å². The van der Waals surface area contributed by atoms with Crippen molar-refractivity contribution in [1.29, 1.82) is 0 Å². The molecule has 1 aliphatic rings. The van der Waals surface area contributed by atoms with Crippen molar-refractivity contribution >= 4 is 29.1 Å². The third kappa shape index (κ3) is 6.25. The summed E-state index contributed by atoms with van der Waals surface area (Å²) < 4.78 is 0. The molecule has 28 heavy (non-hydrogen) atoms. The molecule has 1 saturated heterocycles. The van der Waals surface area contributed by atoms with Crippen molar-refractivity contribution in [2.75, 3.05) is 37.6 Å². The lowest BCUT2D eigenvalue weighted by Crippen LogP contribution is -2.48. The maximum Gasteiger partial charge on any atom is 0.242 e. The van der Waals surface area contributed by atoms with Gasteiger partial charge in [0.25, 0.3) is 0 Å². The van der Waals surface area contributed by atoms with Gasteiger partial charge in [0.05, 0.1) is 6.42 Å². The number of rotatable bonds is 6. The van der Waals surface area contributed by atoms with Crippen LogP contribution in [-0.4, -0.2) is 49.4 Å². The molecule has 1 heterocycles. The number of hydrogen-bond donors (Lipinski definition) is 2. The largest absolute Gasteiger partial charge is 0.369 e. The van der Waals surface area contributed by atoms with Crippen molar-refractivity contribution < 1.29 is 9.59 Å². The molecular formula is C21H25ClN4O2. The van der Waals surface area contributed by atoms with Crippen LogP contribution in [0.3, 0.4) is 0 Å². The normalized spacial score (nSPS) is 14.5. The number of anilines is 1. The molecule has 0 atom stereocenters. The van der Waals surface area contributed by atoms with Gasteiger partial charge in [0.15, 0.2) is 0 Å². The van der Waals surface area contributed by atoms with E-state index < -0.39 is 0 Å². The average Bonchev–Trinajstić information content (AvgIpc) is 2.73. The van der Waals surface area contributed by atoms with Crippen LogP contribution in [0.15, 0.2) is 54.6 Å². The number of halogens is 1. The van der Waals surface area contributed by atoms with Crippen LogP contribution in [0.5, 0.6) is 0 Å². The van der Waals surface area contributed by atoms with E-state index in [0.717, 1.165) is 31.7 Å². The third-order valence-electron chi connectivity index (χ3n) is 4.77. The standard InChI is InChI=1S/C21H25ClN4O2/c22-18-8-6-17(7-9-18)16-21(28)24-23-20(27)10-11-25-12-14-26(15-13-25)19-4-2-1-3-5-19/h1-9H,10-16H2,(H,23,27)(H,24,28). The molecule has 0 aliphatic carbocycles. The number of para-hydroxylation sites is 1. The SMILES string of the molecule is O=C(CCN1CCN(c2ccccc2)CC1)NNC(=O)Cc1ccc(Cl)cc1. The second-order valence-corrected chi connectivity index (χ2v) is 7.25. The Balaban J connectivity index is 1.31. The molecule has 2 amide bonds. The van der Waals surface area contributed by atoms with Gasteiger partial charge in [-0.05, 0) is 29.8 Å². The fraction of sp³-hybridized carbons (Fsp3) is 0.333. The van der Waals surface area contributed by atoms with Crippen LogP contribution in [-0.2, 0) is 16.0 Å². The molecule has 0 aromatic heterocycles. The highest BCUT2D eigenvalue weighted by atomic mass is 35.5. The Morgan fingerprint density at radius 3 is 2.18 bits per heavy atom. The zero-order valence-electron chi connectivity index (χ0n) is 15.7. The number of piperazine rings is 1. The van der Waals surface area contributed by atoms with Gasteiger partial charge in [-0.1, -0.05) is 41.9 Å². The number of amides is 2. The van der Waals surface area contributed by atoms with Gasteiger partial charge in [-0.25, -0.2) is 0 Å². The Morgan fingerprint density at radius 1 is 0.857 bits per heavy atom. The fourth-order valence-electron chi connectivity index (χ4n) is 3.16. The molecule has 2 aromatic rings. The maximum absolute atomic E-state index is 12.0. The summed E-state index contributed by atoms with van der Waals surface area (Å²) in [5, 5.41) is 0.627. The molecule has 2 aromatic carbocycles. The van der Waals surface area contributed by atoms with Crippen molar-refractivity contribution in [2.24, 2.45) is 0 Å². The lowest BCUT2D eigenvalue weighted by atomic mass is 10.1. The van der Waals surface area contributed by atoms with Crippen molar-refractivity contribution in [1.82, 2.24) is 15.8 Å². The smallest absolute Gasteiger partial charge is 0.242 e. The lowest BCUT2D eigenvalue weighted by molar-refractivity contribution is -0.128.